The molecule has 0 unspecified atom stereocenters. The average Bonchev–Trinajstić information content (AvgIpc) is 3.81. The van der Waals surface area contributed by atoms with Gasteiger partial charge in [0.05, 0.1) is 11.0 Å². The first kappa shape index (κ1) is 37.1. The summed E-state index contributed by atoms with van der Waals surface area (Å²) in [5.41, 5.74) is 18.9. The molecular formula is C61H42BN3O. The standard InChI is InChI=1S/C61H42BN3O/c1-61(2)50-34-44(63(40-19-7-3-8-20-40)41-21-9-4-10-22-41)31-33-46(50)48-36-58-53(37-51(48)61)62-52-35-49-47-32-30-39-18-15-16-27-45(39)60(47)65(43-25-13-6-14-26-43)55(49)38-56(52)64(42-23-11-5-12-24-42)54-28-17-29-57(66-58)59(54)62/h3-38H,1-2H3. The van der Waals surface area contributed by atoms with Gasteiger partial charge < -0.3 is 19.1 Å². The minimum Gasteiger partial charge on any atom is -0.458 e. The maximum atomic E-state index is 7.14. The van der Waals surface area contributed by atoms with Crippen LogP contribution in [0, 0.1) is 0 Å². The molecule has 4 nitrogen and oxygen atoms in total. The number of hydrogen-bond donors (Lipinski definition) is 0. The second-order valence-electron chi connectivity index (χ2n) is 18.5. The fourth-order valence-electron chi connectivity index (χ4n) is 11.6. The van der Waals surface area contributed by atoms with E-state index in [0.717, 1.165) is 45.6 Å². The molecule has 0 atom stereocenters. The van der Waals surface area contributed by atoms with E-state index in [1.807, 2.05) is 0 Å². The quantitative estimate of drug-likeness (QED) is 0.161. The van der Waals surface area contributed by atoms with Gasteiger partial charge in [0, 0.05) is 61.4 Å². The van der Waals surface area contributed by atoms with Crippen molar-refractivity contribution in [3.05, 3.63) is 230 Å². The Kier molecular flexibility index (Phi) is 7.80. The Morgan fingerprint density at radius 1 is 0.455 bits per heavy atom. The lowest BCUT2D eigenvalue weighted by atomic mass is 9.34. The summed E-state index contributed by atoms with van der Waals surface area (Å²) in [6, 6.07) is 79.9. The molecule has 310 valence electrons. The maximum absolute atomic E-state index is 7.14. The first-order valence-electron chi connectivity index (χ1n) is 23.0. The summed E-state index contributed by atoms with van der Waals surface area (Å²) in [5.74, 6) is 1.83. The zero-order chi connectivity index (χ0) is 43.7. The number of hydrogen-bond acceptors (Lipinski definition) is 3. The predicted octanol–water partition coefficient (Wildman–Crippen LogP) is 14.1. The molecule has 0 saturated heterocycles. The third kappa shape index (κ3) is 5.22. The molecule has 1 aliphatic carbocycles. The van der Waals surface area contributed by atoms with Crippen molar-refractivity contribution in [1.82, 2.24) is 4.57 Å². The van der Waals surface area contributed by atoms with Crippen LogP contribution in [0.2, 0.25) is 0 Å². The molecular weight excluding hydrogens is 802 g/mol. The zero-order valence-electron chi connectivity index (χ0n) is 36.6. The third-order valence-electron chi connectivity index (χ3n) is 14.6. The van der Waals surface area contributed by atoms with Gasteiger partial charge in [-0.05, 0) is 129 Å². The Balaban J connectivity index is 1.01. The van der Waals surface area contributed by atoms with Gasteiger partial charge in [-0.15, -0.1) is 0 Å². The van der Waals surface area contributed by atoms with Crippen molar-refractivity contribution in [3.63, 3.8) is 0 Å². The van der Waals surface area contributed by atoms with Crippen LogP contribution in [0.3, 0.4) is 0 Å². The first-order valence-corrected chi connectivity index (χ1v) is 23.0. The van der Waals surface area contributed by atoms with Crippen LogP contribution < -0.4 is 30.9 Å². The Hall–Kier alpha value is -8.28. The summed E-state index contributed by atoms with van der Waals surface area (Å²) in [4.78, 5) is 4.82. The molecule has 11 aromatic rings. The Labute approximate surface area is 384 Å². The van der Waals surface area contributed by atoms with Gasteiger partial charge in [0.2, 0.25) is 0 Å². The van der Waals surface area contributed by atoms with E-state index in [1.54, 1.807) is 0 Å². The smallest absolute Gasteiger partial charge is 0.256 e. The van der Waals surface area contributed by atoms with Gasteiger partial charge in [-0.2, -0.15) is 0 Å². The molecule has 5 heteroatoms. The molecule has 14 rings (SSSR count). The Morgan fingerprint density at radius 2 is 1.12 bits per heavy atom. The monoisotopic (exact) mass is 843 g/mol. The molecule has 10 aromatic carbocycles. The highest BCUT2D eigenvalue weighted by atomic mass is 16.5. The molecule has 0 fully saturated rings. The molecule has 0 amide bonds. The number of fused-ring (bicyclic) bond motifs is 12. The summed E-state index contributed by atoms with van der Waals surface area (Å²) in [6.45, 7) is 4.72. The SMILES string of the molecule is CC1(C)c2cc(N(c3ccccc3)c3ccccc3)ccc2-c2cc3c(cc21)B1c2cc4c5ccc6ccccc6c5n(-c5ccccc5)c4cc2N(c2ccccc2)c2cccc(c21)O3. The van der Waals surface area contributed by atoms with E-state index in [9.17, 15) is 0 Å². The summed E-state index contributed by atoms with van der Waals surface area (Å²) < 4.78 is 9.62. The van der Waals surface area contributed by atoms with Gasteiger partial charge >= 0.3 is 0 Å². The topological polar surface area (TPSA) is 20.6 Å². The molecule has 3 aliphatic rings. The van der Waals surface area contributed by atoms with E-state index in [4.69, 9.17) is 4.74 Å². The van der Waals surface area contributed by atoms with Gasteiger partial charge in [-0.25, -0.2) is 0 Å². The maximum Gasteiger partial charge on any atom is 0.256 e. The highest BCUT2D eigenvalue weighted by Gasteiger charge is 2.45. The van der Waals surface area contributed by atoms with Crippen LogP contribution in [0.5, 0.6) is 11.5 Å². The predicted molar refractivity (Wildman–Crippen MR) is 276 cm³/mol. The molecule has 2 aliphatic heterocycles. The first-order chi connectivity index (χ1) is 32.5. The molecule has 0 bridgehead atoms. The summed E-state index contributed by atoms with van der Waals surface area (Å²) in [7, 11) is 0. The van der Waals surface area contributed by atoms with Crippen molar-refractivity contribution >= 4 is 89.8 Å². The molecule has 0 radical (unpaired) electrons. The molecule has 1 aromatic heterocycles. The van der Waals surface area contributed by atoms with E-state index in [-0.39, 0.29) is 12.1 Å². The molecule has 66 heavy (non-hydrogen) atoms. The van der Waals surface area contributed by atoms with Crippen LogP contribution in [-0.2, 0) is 5.41 Å². The Bertz CT molecular complexity index is 3730. The van der Waals surface area contributed by atoms with Gasteiger partial charge in [0.25, 0.3) is 6.71 Å². The van der Waals surface area contributed by atoms with Crippen molar-refractivity contribution < 1.29 is 4.74 Å². The van der Waals surface area contributed by atoms with E-state index in [2.05, 4.69) is 247 Å². The largest absolute Gasteiger partial charge is 0.458 e. The minimum atomic E-state index is -0.282. The van der Waals surface area contributed by atoms with Crippen LogP contribution in [0.4, 0.5) is 34.1 Å². The van der Waals surface area contributed by atoms with E-state index in [0.29, 0.717) is 0 Å². The highest BCUT2D eigenvalue weighted by molar-refractivity contribution is 6.99. The zero-order valence-corrected chi connectivity index (χ0v) is 36.6. The molecule has 0 N–H and O–H groups in total. The molecule has 0 spiro atoms. The number of benzene rings is 10. The van der Waals surface area contributed by atoms with Crippen LogP contribution >= 0.6 is 0 Å². The number of para-hydroxylation sites is 4. The van der Waals surface area contributed by atoms with Crippen molar-refractivity contribution in [1.29, 1.82) is 0 Å². The van der Waals surface area contributed by atoms with E-state index < -0.39 is 0 Å². The van der Waals surface area contributed by atoms with Gasteiger partial charge in [-0.3, -0.25) is 0 Å². The number of rotatable bonds is 5. The fourth-order valence-corrected chi connectivity index (χ4v) is 11.6. The summed E-state index contributed by atoms with van der Waals surface area (Å²) >= 11 is 0. The third-order valence-corrected chi connectivity index (χ3v) is 14.6. The highest BCUT2D eigenvalue weighted by Crippen LogP contribution is 2.53. The van der Waals surface area contributed by atoms with Crippen LogP contribution in [0.1, 0.15) is 25.0 Å². The Morgan fingerprint density at radius 3 is 1.86 bits per heavy atom. The van der Waals surface area contributed by atoms with Gasteiger partial charge in [0.1, 0.15) is 11.5 Å². The fraction of sp³-hybridized carbons (Fsp3) is 0.0492. The normalized spacial score (nSPS) is 13.8. The number of aromatic nitrogens is 1. The second-order valence-corrected chi connectivity index (χ2v) is 18.5. The van der Waals surface area contributed by atoms with Crippen molar-refractivity contribution in [2.75, 3.05) is 9.80 Å². The van der Waals surface area contributed by atoms with Crippen LogP contribution in [0.15, 0.2) is 218 Å². The lowest BCUT2D eigenvalue weighted by molar-refractivity contribution is 0.487. The van der Waals surface area contributed by atoms with Crippen LogP contribution in [-0.4, -0.2) is 11.3 Å². The summed E-state index contributed by atoms with van der Waals surface area (Å²) in [6.07, 6.45) is 0. The lowest BCUT2D eigenvalue weighted by Crippen LogP contribution is -2.59. The van der Waals surface area contributed by atoms with Crippen molar-refractivity contribution in [2.45, 2.75) is 19.3 Å². The summed E-state index contributed by atoms with van der Waals surface area (Å²) in [5, 5.41) is 4.96. The molecule has 3 heterocycles. The average molecular weight is 844 g/mol. The minimum absolute atomic E-state index is 0.0677. The number of nitrogens with zero attached hydrogens (tertiary/aromatic N) is 3. The number of anilines is 6. The van der Waals surface area contributed by atoms with Crippen LogP contribution in [0.25, 0.3) is 49.4 Å². The molecule has 0 saturated carbocycles. The second kappa shape index (κ2) is 13.9. The van der Waals surface area contributed by atoms with Crippen molar-refractivity contribution in [3.8, 4) is 28.3 Å². The number of ether oxygens (including phenoxy) is 1. The van der Waals surface area contributed by atoms with Gasteiger partial charge in [0.15, 0.2) is 0 Å². The lowest BCUT2D eigenvalue weighted by Gasteiger charge is -2.40. The van der Waals surface area contributed by atoms with E-state index in [1.165, 1.54) is 76.9 Å². The van der Waals surface area contributed by atoms with E-state index >= 15 is 0 Å². The van der Waals surface area contributed by atoms with Gasteiger partial charge in [-0.1, -0.05) is 147 Å². The van der Waals surface area contributed by atoms with Crippen molar-refractivity contribution in [2.24, 2.45) is 0 Å².